The predicted molar refractivity (Wildman–Crippen MR) is 103 cm³/mol. The van der Waals surface area contributed by atoms with Crippen LogP contribution in [0.15, 0.2) is 71.1 Å². The molecule has 3 aromatic rings. The highest BCUT2D eigenvalue weighted by Crippen LogP contribution is 2.23. The van der Waals surface area contributed by atoms with Gasteiger partial charge in [-0.25, -0.2) is 4.98 Å². The highest BCUT2D eigenvalue weighted by Gasteiger charge is 2.13. The van der Waals surface area contributed by atoms with Crippen molar-refractivity contribution in [1.82, 2.24) is 9.55 Å². The third-order valence-corrected chi connectivity index (χ3v) is 4.62. The van der Waals surface area contributed by atoms with E-state index >= 15 is 0 Å². The zero-order valence-electron chi connectivity index (χ0n) is 13.8. The third-order valence-electron chi connectivity index (χ3n) is 3.68. The maximum absolute atomic E-state index is 13.2. The normalized spacial score (nSPS) is 10.8. The third kappa shape index (κ3) is 3.08. The lowest BCUT2D eigenvalue weighted by Gasteiger charge is -2.15. The number of rotatable bonds is 5. The van der Waals surface area contributed by atoms with Crippen molar-refractivity contribution >= 4 is 28.4 Å². The summed E-state index contributed by atoms with van der Waals surface area (Å²) < 4.78 is 1.68. The number of hydrogen-bond acceptors (Lipinski definition) is 4. The quantitative estimate of drug-likeness (QED) is 0.404. The largest absolute Gasteiger partial charge is 0.378 e. The molecule has 0 saturated carbocycles. The summed E-state index contributed by atoms with van der Waals surface area (Å²) in [5.74, 6) is 0.695. The van der Waals surface area contributed by atoms with Gasteiger partial charge in [0, 0.05) is 25.5 Å². The van der Waals surface area contributed by atoms with Gasteiger partial charge in [-0.3, -0.25) is 9.36 Å². The Morgan fingerprint density at radius 1 is 1.21 bits per heavy atom. The molecule has 0 aliphatic heterocycles. The molecule has 1 aromatic heterocycles. The Hall–Kier alpha value is -2.53. The van der Waals surface area contributed by atoms with E-state index in [2.05, 4.69) is 6.58 Å². The molecule has 0 atom stereocenters. The minimum Gasteiger partial charge on any atom is -0.378 e. The van der Waals surface area contributed by atoms with Gasteiger partial charge in [0.2, 0.25) is 0 Å². The SMILES string of the molecule is C=CCSc1nc2ccc(N(C)C)cc2c(=O)n1-c1ccccc1. The molecule has 0 saturated heterocycles. The van der Waals surface area contributed by atoms with Crippen LogP contribution >= 0.6 is 11.8 Å². The lowest BCUT2D eigenvalue weighted by molar-refractivity contribution is 0.821. The summed E-state index contributed by atoms with van der Waals surface area (Å²) in [5.41, 5.74) is 2.46. The molecule has 0 unspecified atom stereocenters. The van der Waals surface area contributed by atoms with E-state index in [-0.39, 0.29) is 5.56 Å². The average molecular weight is 337 g/mol. The van der Waals surface area contributed by atoms with E-state index in [1.54, 1.807) is 4.57 Å². The number of benzene rings is 2. The van der Waals surface area contributed by atoms with Crippen molar-refractivity contribution in [2.75, 3.05) is 24.7 Å². The van der Waals surface area contributed by atoms with Crippen molar-refractivity contribution in [3.63, 3.8) is 0 Å². The molecule has 0 bridgehead atoms. The maximum Gasteiger partial charge on any atom is 0.266 e. The predicted octanol–water partition coefficient (Wildman–Crippen LogP) is 3.73. The molecule has 0 radical (unpaired) electrons. The van der Waals surface area contributed by atoms with Crippen LogP contribution in [0.5, 0.6) is 0 Å². The first kappa shape index (κ1) is 16.3. The van der Waals surface area contributed by atoms with Crippen LogP contribution in [0, 0.1) is 0 Å². The lowest BCUT2D eigenvalue weighted by Crippen LogP contribution is -2.22. The maximum atomic E-state index is 13.2. The fourth-order valence-corrected chi connectivity index (χ4v) is 3.21. The van der Waals surface area contributed by atoms with Crippen molar-refractivity contribution in [1.29, 1.82) is 0 Å². The Labute approximate surface area is 145 Å². The molecule has 3 rings (SSSR count). The van der Waals surface area contributed by atoms with Crippen LogP contribution < -0.4 is 10.5 Å². The second-order valence-electron chi connectivity index (χ2n) is 5.57. The topological polar surface area (TPSA) is 38.1 Å². The number of hydrogen-bond donors (Lipinski definition) is 0. The molecule has 0 fully saturated rings. The van der Waals surface area contributed by atoms with E-state index in [4.69, 9.17) is 4.98 Å². The number of para-hydroxylation sites is 1. The van der Waals surface area contributed by atoms with E-state index in [0.717, 1.165) is 11.4 Å². The minimum atomic E-state index is -0.0542. The van der Waals surface area contributed by atoms with Crippen LogP contribution in [0.1, 0.15) is 0 Å². The standard InChI is InChI=1S/C19H19N3OS/c1-4-12-24-19-20-17-11-10-15(21(2)3)13-16(17)18(23)22(19)14-8-6-5-7-9-14/h4-11,13H,1,12H2,2-3H3. The number of fused-ring (bicyclic) bond motifs is 1. The number of anilines is 1. The van der Waals surface area contributed by atoms with Crippen LogP contribution in [-0.2, 0) is 0 Å². The molecule has 24 heavy (non-hydrogen) atoms. The molecule has 4 nitrogen and oxygen atoms in total. The Kier molecular flexibility index (Phi) is 4.71. The number of nitrogens with zero attached hydrogens (tertiary/aromatic N) is 3. The molecule has 5 heteroatoms. The van der Waals surface area contributed by atoms with Gasteiger partial charge < -0.3 is 4.90 Å². The van der Waals surface area contributed by atoms with Gasteiger partial charge in [-0.1, -0.05) is 36.0 Å². The summed E-state index contributed by atoms with van der Waals surface area (Å²) in [4.78, 5) is 19.8. The zero-order valence-corrected chi connectivity index (χ0v) is 14.6. The van der Waals surface area contributed by atoms with E-state index in [1.165, 1.54) is 11.8 Å². The number of thioether (sulfide) groups is 1. The molecule has 0 amide bonds. The molecule has 0 N–H and O–H groups in total. The Balaban J connectivity index is 2.30. The minimum absolute atomic E-state index is 0.0542. The van der Waals surface area contributed by atoms with Crippen molar-refractivity contribution in [2.24, 2.45) is 0 Å². The first-order valence-electron chi connectivity index (χ1n) is 7.65. The van der Waals surface area contributed by atoms with Crippen molar-refractivity contribution in [3.05, 3.63) is 71.5 Å². The fourth-order valence-electron chi connectivity index (χ4n) is 2.47. The summed E-state index contributed by atoms with van der Waals surface area (Å²) in [6.45, 7) is 3.75. The van der Waals surface area contributed by atoms with E-state index in [1.807, 2.05) is 73.6 Å². The van der Waals surface area contributed by atoms with E-state index in [0.29, 0.717) is 21.8 Å². The summed E-state index contributed by atoms with van der Waals surface area (Å²) in [5, 5.41) is 1.30. The van der Waals surface area contributed by atoms with Crippen LogP contribution in [0.2, 0.25) is 0 Å². The van der Waals surface area contributed by atoms with Gasteiger partial charge in [-0.15, -0.1) is 6.58 Å². The van der Waals surface area contributed by atoms with Gasteiger partial charge in [0.25, 0.3) is 5.56 Å². The second kappa shape index (κ2) is 6.93. The molecule has 1 heterocycles. The average Bonchev–Trinajstić information content (AvgIpc) is 2.60. The highest BCUT2D eigenvalue weighted by atomic mass is 32.2. The van der Waals surface area contributed by atoms with Crippen LogP contribution in [0.4, 0.5) is 5.69 Å². The Bertz CT molecular complexity index is 932. The monoisotopic (exact) mass is 337 g/mol. The molecule has 0 aliphatic rings. The van der Waals surface area contributed by atoms with Gasteiger partial charge in [-0.05, 0) is 30.3 Å². The summed E-state index contributed by atoms with van der Waals surface area (Å²) in [6, 6.07) is 15.4. The Morgan fingerprint density at radius 2 is 1.96 bits per heavy atom. The summed E-state index contributed by atoms with van der Waals surface area (Å²) in [6.07, 6.45) is 1.81. The van der Waals surface area contributed by atoms with Gasteiger partial charge >= 0.3 is 0 Å². The first-order chi connectivity index (χ1) is 11.6. The van der Waals surface area contributed by atoms with Crippen LogP contribution in [0.25, 0.3) is 16.6 Å². The summed E-state index contributed by atoms with van der Waals surface area (Å²) in [7, 11) is 3.91. The molecule has 122 valence electrons. The lowest BCUT2D eigenvalue weighted by atomic mass is 10.2. The van der Waals surface area contributed by atoms with Crippen molar-refractivity contribution < 1.29 is 0 Å². The molecule has 2 aromatic carbocycles. The summed E-state index contributed by atoms with van der Waals surface area (Å²) >= 11 is 1.50. The van der Waals surface area contributed by atoms with Gasteiger partial charge in [-0.2, -0.15) is 0 Å². The number of aromatic nitrogens is 2. The first-order valence-corrected chi connectivity index (χ1v) is 8.63. The van der Waals surface area contributed by atoms with Crippen molar-refractivity contribution in [3.8, 4) is 5.69 Å². The second-order valence-corrected chi connectivity index (χ2v) is 6.55. The fraction of sp³-hybridized carbons (Fsp3) is 0.158. The van der Waals surface area contributed by atoms with E-state index in [9.17, 15) is 4.79 Å². The molecule has 0 spiro atoms. The van der Waals surface area contributed by atoms with Gasteiger partial charge in [0.05, 0.1) is 16.6 Å². The van der Waals surface area contributed by atoms with E-state index < -0.39 is 0 Å². The van der Waals surface area contributed by atoms with Gasteiger partial charge in [0.15, 0.2) is 5.16 Å². The van der Waals surface area contributed by atoms with Gasteiger partial charge in [0.1, 0.15) is 0 Å². The molecular weight excluding hydrogens is 318 g/mol. The molecular formula is C19H19N3OS. The smallest absolute Gasteiger partial charge is 0.266 e. The highest BCUT2D eigenvalue weighted by molar-refractivity contribution is 7.99. The van der Waals surface area contributed by atoms with Crippen LogP contribution in [0.3, 0.4) is 0 Å². The molecule has 0 aliphatic carbocycles. The van der Waals surface area contributed by atoms with Crippen molar-refractivity contribution in [2.45, 2.75) is 5.16 Å². The Morgan fingerprint density at radius 3 is 2.62 bits per heavy atom. The van der Waals surface area contributed by atoms with Crippen LogP contribution in [-0.4, -0.2) is 29.4 Å². The zero-order chi connectivity index (χ0) is 17.1.